The van der Waals surface area contributed by atoms with Gasteiger partial charge in [-0.2, -0.15) is 0 Å². The smallest absolute Gasteiger partial charge is 0.0166 e. The third kappa shape index (κ3) is 6.39. The molecule has 0 amide bonds. The zero-order valence-corrected chi connectivity index (χ0v) is 8.41. The maximum atomic E-state index is 2.31. The second-order valence-corrected chi connectivity index (χ2v) is 3.55. The van der Waals surface area contributed by atoms with Gasteiger partial charge in [0.25, 0.3) is 0 Å². The second-order valence-electron chi connectivity index (χ2n) is 3.55. The summed E-state index contributed by atoms with van der Waals surface area (Å²) in [6.07, 6.45) is 22.5. The van der Waals surface area contributed by atoms with Gasteiger partial charge in [-0.1, -0.05) is 49.3 Å². The van der Waals surface area contributed by atoms with Crippen molar-refractivity contribution in [3.63, 3.8) is 0 Å². The van der Waals surface area contributed by atoms with E-state index in [-0.39, 0.29) is 0 Å². The largest absolute Gasteiger partial charge is 0.0882 e. The van der Waals surface area contributed by atoms with E-state index in [0.29, 0.717) is 0 Å². The molecule has 0 unspecified atom stereocenters. The van der Waals surface area contributed by atoms with Gasteiger partial charge in [0.2, 0.25) is 0 Å². The van der Waals surface area contributed by atoms with Crippen LogP contribution in [0.5, 0.6) is 0 Å². The van der Waals surface area contributed by atoms with Crippen LogP contribution in [0.15, 0.2) is 36.5 Å². The van der Waals surface area contributed by atoms with Gasteiger partial charge in [-0.25, -0.2) is 0 Å². The summed E-state index contributed by atoms with van der Waals surface area (Å²) < 4.78 is 0. The first-order valence-corrected chi connectivity index (χ1v) is 5.47. The van der Waals surface area contributed by atoms with Gasteiger partial charge >= 0.3 is 0 Å². The number of hydrogen-bond donors (Lipinski definition) is 0. The molecule has 0 heterocycles. The summed E-state index contributed by atoms with van der Waals surface area (Å²) in [6.45, 7) is 0. The average molecular weight is 176 g/mol. The molecular weight excluding hydrogens is 156 g/mol. The standard InChI is InChI=1S/C13H20/c1-2-4-6-8-10-12-13-11-9-7-5-3-1/h1-4,7,9H,5-6,8,10-13H2/b3-1+,4-2+,9-7-. The van der Waals surface area contributed by atoms with Crippen molar-refractivity contribution in [3.8, 4) is 0 Å². The minimum Gasteiger partial charge on any atom is -0.0882 e. The number of rotatable bonds is 0. The molecule has 0 heteroatoms. The van der Waals surface area contributed by atoms with Crippen LogP contribution in [-0.2, 0) is 0 Å². The van der Waals surface area contributed by atoms with Crippen LogP contribution in [0.1, 0.15) is 44.9 Å². The summed E-state index contributed by atoms with van der Waals surface area (Å²) in [7, 11) is 0. The van der Waals surface area contributed by atoms with Crippen molar-refractivity contribution in [1.82, 2.24) is 0 Å². The van der Waals surface area contributed by atoms with Crippen LogP contribution in [0.25, 0.3) is 0 Å². The lowest BCUT2D eigenvalue weighted by Gasteiger charge is -1.95. The molecule has 0 aromatic carbocycles. The van der Waals surface area contributed by atoms with Gasteiger partial charge in [0.15, 0.2) is 0 Å². The minimum atomic E-state index is 1.09. The Hall–Kier alpha value is -0.780. The fourth-order valence-electron chi connectivity index (χ4n) is 1.50. The van der Waals surface area contributed by atoms with Crippen molar-refractivity contribution in [2.75, 3.05) is 0 Å². The summed E-state index contributed by atoms with van der Waals surface area (Å²) >= 11 is 0. The van der Waals surface area contributed by atoms with Crippen LogP contribution in [0, 0.1) is 0 Å². The Kier molecular flexibility index (Phi) is 6.22. The van der Waals surface area contributed by atoms with E-state index >= 15 is 0 Å². The zero-order chi connectivity index (χ0) is 9.19. The van der Waals surface area contributed by atoms with Crippen LogP contribution >= 0.6 is 0 Å². The summed E-state index contributed by atoms with van der Waals surface area (Å²) in [5, 5.41) is 0. The molecule has 72 valence electrons. The van der Waals surface area contributed by atoms with Gasteiger partial charge in [-0.05, 0) is 32.1 Å². The van der Waals surface area contributed by atoms with Crippen LogP contribution in [-0.4, -0.2) is 0 Å². The Bertz CT molecular complexity index is 184. The lowest BCUT2D eigenvalue weighted by Crippen LogP contribution is -1.76. The van der Waals surface area contributed by atoms with E-state index in [1.807, 2.05) is 0 Å². The third-order valence-electron chi connectivity index (χ3n) is 2.31. The van der Waals surface area contributed by atoms with Crippen molar-refractivity contribution in [3.05, 3.63) is 36.5 Å². The highest BCUT2D eigenvalue weighted by Gasteiger charge is 1.87. The molecule has 0 aromatic heterocycles. The number of allylic oxidation sites excluding steroid dienone is 6. The summed E-state index contributed by atoms with van der Waals surface area (Å²) in [6, 6.07) is 0. The number of hydrogen-bond acceptors (Lipinski definition) is 0. The van der Waals surface area contributed by atoms with E-state index in [4.69, 9.17) is 0 Å². The summed E-state index contributed by atoms with van der Waals surface area (Å²) in [5.74, 6) is 0. The van der Waals surface area contributed by atoms with Crippen molar-refractivity contribution < 1.29 is 0 Å². The highest BCUT2D eigenvalue weighted by atomic mass is 13.9. The van der Waals surface area contributed by atoms with E-state index in [2.05, 4.69) is 36.5 Å². The molecule has 0 saturated heterocycles. The van der Waals surface area contributed by atoms with Gasteiger partial charge < -0.3 is 0 Å². The predicted molar refractivity (Wildman–Crippen MR) is 59.7 cm³/mol. The quantitative estimate of drug-likeness (QED) is 0.480. The Balaban J connectivity index is 2.29. The van der Waals surface area contributed by atoms with Gasteiger partial charge in [-0.3, -0.25) is 0 Å². The fraction of sp³-hybridized carbons (Fsp3) is 0.538. The Morgan fingerprint density at radius 2 is 1.23 bits per heavy atom. The molecule has 0 atom stereocenters. The summed E-state index contributed by atoms with van der Waals surface area (Å²) in [4.78, 5) is 0. The van der Waals surface area contributed by atoms with E-state index in [0.717, 1.165) is 6.42 Å². The maximum absolute atomic E-state index is 2.31. The molecule has 0 spiro atoms. The molecule has 0 radical (unpaired) electrons. The van der Waals surface area contributed by atoms with Crippen LogP contribution < -0.4 is 0 Å². The molecule has 1 aliphatic carbocycles. The van der Waals surface area contributed by atoms with Gasteiger partial charge in [0.05, 0.1) is 0 Å². The van der Waals surface area contributed by atoms with Gasteiger partial charge in [-0.15, -0.1) is 0 Å². The average Bonchev–Trinajstić information content (AvgIpc) is 2.18. The first-order chi connectivity index (χ1) is 6.50. The molecule has 0 saturated carbocycles. The van der Waals surface area contributed by atoms with Crippen molar-refractivity contribution in [2.24, 2.45) is 0 Å². The predicted octanol–water partition coefficient (Wildman–Crippen LogP) is 4.40. The molecule has 0 N–H and O–H groups in total. The van der Waals surface area contributed by atoms with E-state index in [1.54, 1.807) is 0 Å². The molecule has 0 fully saturated rings. The van der Waals surface area contributed by atoms with Gasteiger partial charge in [0, 0.05) is 0 Å². The highest BCUT2D eigenvalue weighted by Crippen LogP contribution is 2.07. The van der Waals surface area contributed by atoms with E-state index in [9.17, 15) is 0 Å². The Morgan fingerprint density at radius 3 is 2.08 bits per heavy atom. The molecular formula is C13H20. The molecule has 1 aliphatic rings. The molecule has 0 bridgehead atoms. The topological polar surface area (TPSA) is 0 Å². The van der Waals surface area contributed by atoms with Crippen LogP contribution in [0.4, 0.5) is 0 Å². The van der Waals surface area contributed by atoms with Crippen LogP contribution in [0.3, 0.4) is 0 Å². The van der Waals surface area contributed by atoms with Crippen molar-refractivity contribution >= 4 is 0 Å². The van der Waals surface area contributed by atoms with E-state index in [1.165, 1.54) is 38.5 Å². The first kappa shape index (κ1) is 10.3. The van der Waals surface area contributed by atoms with Crippen molar-refractivity contribution in [1.29, 1.82) is 0 Å². The Labute approximate surface area is 82.0 Å². The van der Waals surface area contributed by atoms with Crippen molar-refractivity contribution in [2.45, 2.75) is 44.9 Å². The maximum Gasteiger partial charge on any atom is -0.0166 e. The van der Waals surface area contributed by atoms with Crippen LogP contribution in [0.2, 0.25) is 0 Å². The monoisotopic (exact) mass is 176 g/mol. The first-order valence-electron chi connectivity index (χ1n) is 5.47. The lowest BCUT2D eigenvalue weighted by atomic mass is 10.1. The molecule has 13 heavy (non-hydrogen) atoms. The highest BCUT2D eigenvalue weighted by molar-refractivity contribution is 5.04. The molecule has 0 aliphatic heterocycles. The summed E-state index contributed by atoms with van der Waals surface area (Å²) in [5.41, 5.74) is 0. The zero-order valence-electron chi connectivity index (χ0n) is 8.41. The third-order valence-corrected chi connectivity index (χ3v) is 2.31. The van der Waals surface area contributed by atoms with E-state index < -0.39 is 0 Å². The van der Waals surface area contributed by atoms with Gasteiger partial charge in [0.1, 0.15) is 0 Å². The molecule has 0 nitrogen and oxygen atoms in total. The lowest BCUT2D eigenvalue weighted by molar-refractivity contribution is 0.652. The molecule has 1 rings (SSSR count). The fourth-order valence-corrected chi connectivity index (χ4v) is 1.50. The Morgan fingerprint density at radius 1 is 0.538 bits per heavy atom. The normalized spacial score (nSPS) is 27.7. The second kappa shape index (κ2) is 7.85. The SMILES string of the molecule is C1=C\CCCCCC/C=C/C=C/C/1. The minimum absolute atomic E-state index is 1.09. The molecule has 0 aromatic rings.